The zero-order valence-electron chi connectivity index (χ0n) is 12.3. The van der Waals surface area contributed by atoms with E-state index in [2.05, 4.69) is 22.9 Å². The first-order valence-electron chi connectivity index (χ1n) is 7.28. The maximum absolute atomic E-state index is 10.4. The monoisotopic (exact) mass is 360 g/mol. The van der Waals surface area contributed by atoms with E-state index in [1.54, 1.807) is 6.08 Å². The molecular weight excluding hydrogens is 344 g/mol. The van der Waals surface area contributed by atoms with Crippen molar-refractivity contribution in [3.05, 3.63) is 64.1 Å². The molecule has 3 nitrogen and oxygen atoms in total. The molecule has 2 aromatic carbocycles. The van der Waals surface area contributed by atoms with Crippen LogP contribution in [0.5, 0.6) is 11.5 Å². The first kappa shape index (κ1) is 15.1. The van der Waals surface area contributed by atoms with Crippen LogP contribution >= 0.6 is 15.9 Å². The van der Waals surface area contributed by atoms with E-state index in [1.807, 2.05) is 42.5 Å². The van der Waals surface area contributed by atoms with E-state index in [-0.39, 0.29) is 0 Å². The molecule has 0 amide bonds. The summed E-state index contributed by atoms with van der Waals surface area (Å²) in [5, 5.41) is 10.4. The molecule has 1 unspecified atom stereocenters. The summed E-state index contributed by atoms with van der Waals surface area (Å²) in [6.07, 6.45) is 1.95. The van der Waals surface area contributed by atoms with E-state index in [4.69, 9.17) is 9.47 Å². The molecule has 0 aromatic heterocycles. The van der Waals surface area contributed by atoms with Crippen LogP contribution in [-0.2, 0) is 0 Å². The third-order valence-corrected chi connectivity index (χ3v) is 4.05. The summed E-state index contributed by atoms with van der Waals surface area (Å²) in [6, 6.07) is 13.4. The number of hydrogen-bond donors (Lipinski definition) is 1. The van der Waals surface area contributed by atoms with Gasteiger partial charge < -0.3 is 14.6 Å². The summed E-state index contributed by atoms with van der Waals surface area (Å²) >= 11 is 3.48. The van der Waals surface area contributed by atoms with Gasteiger partial charge in [0.25, 0.3) is 0 Å². The lowest BCUT2D eigenvalue weighted by Crippen LogP contribution is -2.09. The summed E-state index contributed by atoms with van der Waals surface area (Å²) in [5.41, 5.74) is 1.67. The summed E-state index contributed by atoms with van der Waals surface area (Å²) in [6.45, 7) is 2.70. The third kappa shape index (κ3) is 3.03. The fourth-order valence-corrected chi connectivity index (χ4v) is 2.81. The van der Waals surface area contributed by atoms with E-state index in [0.29, 0.717) is 18.1 Å². The minimum Gasteiger partial charge on any atom is -0.492 e. The molecule has 1 aliphatic rings. The highest BCUT2D eigenvalue weighted by atomic mass is 79.9. The Labute approximate surface area is 138 Å². The summed E-state index contributed by atoms with van der Waals surface area (Å²) in [4.78, 5) is 0. The van der Waals surface area contributed by atoms with Gasteiger partial charge in [-0.15, -0.1) is 0 Å². The van der Waals surface area contributed by atoms with Crippen molar-refractivity contribution in [3.8, 4) is 11.5 Å². The predicted octanol–water partition coefficient (Wildman–Crippen LogP) is 4.70. The zero-order valence-corrected chi connectivity index (χ0v) is 13.8. The smallest absolute Gasteiger partial charge is 0.137 e. The Morgan fingerprint density at radius 3 is 2.73 bits per heavy atom. The number of benzene rings is 2. The average Bonchev–Trinajstić information content (AvgIpc) is 2.54. The standard InChI is InChI=1S/C18H17BrO3/c1-2-8-21-18-11-17-13(9-14(18)19)15(20)10-16(22-17)12-6-4-3-5-7-12/h3-7,9-11,15,20H,2,8H2,1H3. The topological polar surface area (TPSA) is 38.7 Å². The average molecular weight is 361 g/mol. The van der Waals surface area contributed by atoms with E-state index >= 15 is 0 Å². The van der Waals surface area contributed by atoms with Crippen molar-refractivity contribution in [1.29, 1.82) is 0 Å². The Balaban J connectivity index is 1.95. The second-order valence-electron chi connectivity index (χ2n) is 5.11. The van der Waals surface area contributed by atoms with Crippen molar-refractivity contribution in [2.45, 2.75) is 19.4 Å². The highest BCUT2D eigenvalue weighted by molar-refractivity contribution is 9.10. The lowest BCUT2D eigenvalue weighted by molar-refractivity contribution is 0.216. The number of aliphatic hydroxyl groups is 1. The third-order valence-electron chi connectivity index (χ3n) is 3.43. The summed E-state index contributed by atoms with van der Waals surface area (Å²) in [7, 11) is 0. The van der Waals surface area contributed by atoms with Crippen LogP contribution in [0.3, 0.4) is 0 Å². The summed E-state index contributed by atoms with van der Waals surface area (Å²) in [5.74, 6) is 2.01. The van der Waals surface area contributed by atoms with Gasteiger partial charge in [0.1, 0.15) is 23.4 Å². The number of hydrogen-bond acceptors (Lipinski definition) is 3. The second-order valence-corrected chi connectivity index (χ2v) is 5.97. The van der Waals surface area contributed by atoms with Gasteiger partial charge >= 0.3 is 0 Å². The molecule has 0 radical (unpaired) electrons. The molecule has 0 saturated heterocycles. The van der Waals surface area contributed by atoms with Crippen LogP contribution in [0.2, 0.25) is 0 Å². The van der Waals surface area contributed by atoms with Crippen LogP contribution in [0.15, 0.2) is 53.0 Å². The highest BCUT2D eigenvalue weighted by Gasteiger charge is 2.23. The van der Waals surface area contributed by atoms with Crippen LogP contribution in [0.1, 0.15) is 30.6 Å². The minimum absolute atomic E-state index is 0.628. The lowest BCUT2D eigenvalue weighted by Gasteiger charge is -2.23. The molecule has 114 valence electrons. The zero-order chi connectivity index (χ0) is 15.5. The molecule has 3 rings (SSSR count). The van der Waals surface area contributed by atoms with Crippen LogP contribution < -0.4 is 9.47 Å². The van der Waals surface area contributed by atoms with Gasteiger partial charge in [-0.2, -0.15) is 0 Å². The van der Waals surface area contributed by atoms with Crippen molar-refractivity contribution < 1.29 is 14.6 Å². The van der Waals surface area contributed by atoms with Crippen molar-refractivity contribution in [2.75, 3.05) is 6.61 Å². The molecule has 1 atom stereocenters. The maximum atomic E-state index is 10.4. The number of rotatable bonds is 4. The van der Waals surface area contributed by atoms with Gasteiger partial charge in [0.15, 0.2) is 0 Å². The molecule has 2 aromatic rings. The molecule has 0 fully saturated rings. The molecule has 0 bridgehead atoms. The fraction of sp³-hybridized carbons (Fsp3) is 0.222. The first-order valence-corrected chi connectivity index (χ1v) is 8.07. The fourth-order valence-electron chi connectivity index (χ4n) is 2.34. The Kier molecular flexibility index (Phi) is 4.50. The van der Waals surface area contributed by atoms with Crippen molar-refractivity contribution >= 4 is 21.7 Å². The molecule has 4 heteroatoms. The van der Waals surface area contributed by atoms with Crippen LogP contribution in [0.4, 0.5) is 0 Å². The van der Waals surface area contributed by atoms with Gasteiger partial charge in [0.05, 0.1) is 11.1 Å². The molecule has 1 aliphatic heterocycles. The quantitative estimate of drug-likeness (QED) is 0.858. The van der Waals surface area contributed by atoms with Gasteiger partial charge in [-0.25, -0.2) is 0 Å². The van der Waals surface area contributed by atoms with Gasteiger partial charge in [0.2, 0.25) is 0 Å². The summed E-state index contributed by atoms with van der Waals surface area (Å²) < 4.78 is 12.5. The maximum Gasteiger partial charge on any atom is 0.137 e. The Morgan fingerprint density at radius 2 is 2.00 bits per heavy atom. The van der Waals surface area contributed by atoms with E-state index in [9.17, 15) is 5.11 Å². The normalized spacial score (nSPS) is 16.5. The molecule has 0 aliphatic carbocycles. The highest BCUT2D eigenvalue weighted by Crippen LogP contribution is 2.41. The molecule has 1 heterocycles. The Bertz CT molecular complexity index is 695. The van der Waals surface area contributed by atoms with E-state index < -0.39 is 6.10 Å². The van der Waals surface area contributed by atoms with Crippen LogP contribution in [-0.4, -0.2) is 11.7 Å². The molecule has 0 saturated carbocycles. The van der Waals surface area contributed by atoms with Crippen molar-refractivity contribution in [1.82, 2.24) is 0 Å². The molecule has 0 spiro atoms. The first-order chi connectivity index (χ1) is 10.7. The number of halogens is 1. The van der Waals surface area contributed by atoms with E-state index in [1.165, 1.54) is 0 Å². The van der Waals surface area contributed by atoms with Crippen LogP contribution in [0.25, 0.3) is 5.76 Å². The number of aliphatic hydroxyl groups excluding tert-OH is 1. The Morgan fingerprint density at radius 1 is 1.23 bits per heavy atom. The van der Waals surface area contributed by atoms with Gasteiger partial charge in [0, 0.05) is 17.2 Å². The molecule has 1 N–H and O–H groups in total. The molecular formula is C18H17BrO3. The van der Waals surface area contributed by atoms with Gasteiger partial charge in [-0.1, -0.05) is 37.3 Å². The predicted molar refractivity (Wildman–Crippen MR) is 89.9 cm³/mol. The van der Waals surface area contributed by atoms with Crippen LogP contribution in [0, 0.1) is 0 Å². The minimum atomic E-state index is -0.699. The lowest BCUT2D eigenvalue weighted by atomic mass is 10.0. The second kappa shape index (κ2) is 6.55. The van der Waals surface area contributed by atoms with E-state index in [0.717, 1.165) is 27.8 Å². The van der Waals surface area contributed by atoms with Crippen molar-refractivity contribution in [2.24, 2.45) is 0 Å². The largest absolute Gasteiger partial charge is 0.492 e. The number of fused-ring (bicyclic) bond motifs is 1. The number of ether oxygens (including phenoxy) is 2. The van der Waals surface area contributed by atoms with Gasteiger partial charge in [-0.3, -0.25) is 0 Å². The molecule has 22 heavy (non-hydrogen) atoms. The Hall–Kier alpha value is -1.78. The van der Waals surface area contributed by atoms with Crippen molar-refractivity contribution in [3.63, 3.8) is 0 Å². The van der Waals surface area contributed by atoms with Gasteiger partial charge in [-0.05, 0) is 34.5 Å². The SMILES string of the molecule is CCCOc1cc2c(cc1Br)C(O)C=C(c1ccccc1)O2.